The van der Waals surface area contributed by atoms with E-state index in [9.17, 15) is 15.2 Å². The number of hydrogen-bond acceptors (Lipinski definition) is 4. The second-order valence-corrected chi connectivity index (χ2v) is 4.59. The summed E-state index contributed by atoms with van der Waals surface area (Å²) in [6.07, 6.45) is 0.811. The molecule has 0 rings (SSSR count). The van der Waals surface area contributed by atoms with Gasteiger partial charge in [-0.15, -0.1) is 0 Å². The standard InChI is InChI=1S/C9H19N3O3.Na/c1-5-6-11(12(15)10-14)8(13)7-9(2,3)4;/h14H,5-7H2,1-4H3;/q;+1/p-1/b12-10+;. The molecule has 0 aliphatic rings. The number of hydrazine groups is 1. The van der Waals surface area contributed by atoms with E-state index in [1.54, 1.807) is 0 Å². The molecule has 7 heteroatoms. The van der Waals surface area contributed by atoms with Crippen molar-refractivity contribution in [1.29, 1.82) is 0 Å². The van der Waals surface area contributed by atoms with Crippen molar-refractivity contribution >= 4 is 5.91 Å². The smallest absolute Gasteiger partial charge is 0.737 e. The fraction of sp³-hybridized carbons (Fsp3) is 0.889. The molecule has 0 fully saturated rings. The van der Waals surface area contributed by atoms with Crippen LogP contribution in [0.5, 0.6) is 0 Å². The predicted octanol–water partition coefficient (Wildman–Crippen LogP) is -0.959. The first-order chi connectivity index (χ1) is 6.81. The Kier molecular flexibility index (Phi) is 8.87. The van der Waals surface area contributed by atoms with Crippen molar-refractivity contribution < 1.29 is 39.3 Å². The molecule has 0 aliphatic carbocycles. The first-order valence-electron chi connectivity index (χ1n) is 4.92. The normalized spacial score (nSPS) is 11.9. The van der Waals surface area contributed by atoms with Crippen LogP contribution in [0.4, 0.5) is 0 Å². The Balaban J connectivity index is 0. The van der Waals surface area contributed by atoms with Gasteiger partial charge in [0.15, 0.2) is 0 Å². The van der Waals surface area contributed by atoms with Gasteiger partial charge in [0, 0.05) is 11.4 Å². The van der Waals surface area contributed by atoms with Crippen LogP contribution in [-0.4, -0.2) is 22.4 Å². The molecule has 0 bridgehead atoms. The number of hydrogen-bond donors (Lipinski definition) is 0. The van der Waals surface area contributed by atoms with Gasteiger partial charge in [-0.2, -0.15) is 0 Å². The Labute approximate surface area is 118 Å². The average molecular weight is 239 g/mol. The van der Waals surface area contributed by atoms with Gasteiger partial charge in [0.2, 0.25) is 0 Å². The molecular formula is C9H18N3NaO3. The van der Waals surface area contributed by atoms with Gasteiger partial charge in [-0.1, -0.05) is 32.7 Å². The van der Waals surface area contributed by atoms with Crippen LogP contribution in [0.2, 0.25) is 0 Å². The van der Waals surface area contributed by atoms with Gasteiger partial charge in [-0.05, 0) is 17.1 Å². The van der Waals surface area contributed by atoms with E-state index >= 15 is 0 Å². The van der Waals surface area contributed by atoms with E-state index in [4.69, 9.17) is 0 Å². The third-order valence-corrected chi connectivity index (χ3v) is 1.68. The first kappa shape index (κ1) is 18.0. The summed E-state index contributed by atoms with van der Waals surface area (Å²) in [5, 5.41) is 24.1. The summed E-state index contributed by atoms with van der Waals surface area (Å²) in [6, 6.07) is 0. The van der Waals surface area contributed by atoms with E-state index < -0.39 is 0 Å². The molecule has 0 radical (unpaired) electrons. The minimum absolute atomic E-state index is 0. The molecule has 6 nitrogen and oxygen atoms in total. The van der Waals surface area contributed by atoms with Gasteiger partial charge in [-0.3, -0.25) is 4.79 Å². The molecule has 0 aliphatic heterocycles. The Morgan fingerprint density at radius 3 is 2.25 bits per heavy atom. The SMILES string of the molecule is CCCN(C(=O)CC(C)(C)C)/[N+]([O-])=N\[O-].[Na+]. The van der Waals surface area contributed by atoms with Crippen molar-refractivity contribution in [3.8, 4) is 0 Å². The molecule has 0 saturated carbocycles. The second kappa shape index (κ2) is 7.86. The van der Waals surface area contributed by atoms with Gasteiger partial charge in [-0.25, -0.2) is 0 Å². The molecule has 0 unspecified atom stereocenters. The van der Waals surface area contributed by atoms with Gasteiger partial charge in [0.05, 0.1) is 6.54 Å². The summed E-state index contributed by atoms with van der Waals surface area (Å²) in [4.78, 5) is 11.5. The molecular weight excluding hydrogens is 221 g/mol. The van der Waals surface area contributed by atoms with Crippen LogP contribution in [0.25, 0.3) is 0 Å². The minimum atomic E-state index is -0.376. The molecule has 88 valence electrons. The molecule has 1 amide bonds. The molecule has 16 heavy (non-hydrogen) atoms. The first-order valence-corrected chi connectivity index (χ1v) is 4.92. The second-order valence-electron chi connectivity index (χ2n) is 4.59. The average Bonchev–Trinajstić information content (AvgIpc) is 2.10. The van der Waals surface area contributed by atoms with E-state index in [1.165, 1.54) is 0 Å². The number of amides is 1. The monoisotopic (exact) mass is 239 g/mol. The zero-order chi connectivity index (χ0) is 12.1. The Bertz CT molecular complexity index is 251. The molecule has 0 atom stereocenters. The van der Waals surface area contributed by atoms with E-state index in [0.29, 0.717) is 6.42 Å². The molecule has 0 aromatic rings. The topological polar surface area (TPSA) is 81.8 Å². The maximum atomic E-state index is 11.6. The number of rotatable bonds is 4. The molecule has 0 spiro atoms. The summed E-state index contributed by atoms with van der Waals surface area (Å²) in [5.74, 6) is -0.376. The van der Waals surface area contributed by atoms with Crippen LogP contribution >= 0.6 is 0 Å². The quantitative estimate of drug-likeness (QED) is 0.274. The fourth-order valence-electron chi connectivity index (χ4n) is 1.11. The summed E-state index contributed by atoms with van der Waals surface area (Å²) in [7, 11) is 0. The molecule has 0 aromatic carbocycles. The third kappa shape index (κ3) is 7.03. The van der Waals surface area contributed by atoms with Gasteiger partial charge in [0.25, 0.3) is 5.91 Å². The van der Waals surface area contributed by atoms with Crippen LogP contribution in [0, 0.1) is 15.8 Å². The van der Waals surface area contributed by atoms with E-state index in [1.807, 2.05) is 27.7 Å². The summed E-state index contributed by atoms with van der Waals surface area (Å²) >= 11 is 0. The zero-order valence-electron chi connectivity index (χ0n) is 10.7. The summed E-state index contributed by atoms with van der Waals surface area (Å²) in [6.45, 7) is 7.69. The number of carbonyl (C=O) groups excluding carboxylic acids is 1. The van der Waals surface area contributed by atoms with Crippen LogP contribution in [-0.2, 0) is 4.79 Å². The number of carbonyl (C=O) groups is 1. The fourth-order valence-corrected chi connectivity index (χ4v) is 1.11. The summed E-state index contributed by atoms with van der Waals surface area (Å²) < 4.78 is 0. The molecule has 0 heterocycles. The maximum absolute atomic E-state index is 11.6. The van der Waals surface area contributed by atoms with Crippen molar-refractivity contribution in [3.63, 3.8) is 0 Å². The largest absolute Gasteiger partial charge is 1.00 e. The van der Waals surface area contributed by atoms with Crippen LogP contribution in [0.15, 0.2) is 5.28 Å². The zero-order valence-corrected chi connectivity index (χ0v) is 12.7. The van der Waals surface area contributed by atoms with Crippen molar-refractivity contribution in [2.24, 2.45) is 10.7 Å². The van der Waals surface area contributed by atoms with E-state index in [0.717, 1.165) is 5.01 Å². The van der Waals surface area contributed by atoms with Crippen molar-refractivity contribution in [2.75, 3.05) is 6.54 Å². The van der Waals surface area contributed by atoms with Crippen molar-refractivity contribution in [2.45, 2.75) is 40.5 Å². The Morgan fingerprint density at radius 1 is 1.44 bits per heavy atom. The molecule has 0 saturated heterocycles. The van der Waals surface area contributed by atoms with Crippen LogP contribution < -0.4 is 29.6 Å². The van der Waals surface area contributed by atoms with Crippen LogP contribution in [0.1, 0.15) is 40.5 Å². The van der Waals surface area contributed by atoms with Crippen molar-refractivity contribution in [1.82, 2.24) is 5.01 Å². The third-order valence-electron chi connectivity index (χ3n) is 1.68. The Morgan fingerprint density at radius 2 is 1.94 bits per heavy atom. The van der Waals surface area contributed by atoms with Crippen molar-refractivity contribution in [3.05, 3.63) is 10.4 Å². The summed E-state index contributed by atoms with van der Waals surface area (Å²) in [5.41, 5.74) is -0.215. The molecule has 0 N–H and O–H groups in total. The van der Waals surface area contributed by atoms with Gasteiger partial charge in [0.1, 0.15) is 0 Å². The predicted molar refractivity (Wildman–Crippen MR) is 55.5 cm³/mol. The van der Waals surface area contributed by atoms with E-state index in [-0.39, 0.29) is 58.8 Å². The van der Waals surface area contributed by atoms with Gasteiger partial charge >= 0.3 is 29.6 Å². The number of nitrogens with zero attached hydrogens (tertiary/aromatic N) is 3. The molecule has 0 aromatic heterocycles. The minimum Gasteiger partial charge on any atom is -0.737 e. The van der Waals surface area contributed by atoms with E-state index in [2.05, 4.69) is 5.28 Å². The maximum Gasteiger partial charge on any atom is 1.00 e. The van der Waals surface area contributed by atoms with Crippen LogP contribution in [0.3, 0.4) is 0 Å². The van der Waals surface area contributed by atoms with Gasteiger partial charge < -0.3 is 10.4 Å². The Hall–Kier alpha value is -0.330.